The average Bonchev–Trinajstić information content (AvgIpc) is 2.97. The van der Waals surface area contributed by atoms with E-state index in [-0.39, 0.29) is 11.4 Å². The fourth-order valence-electron chi connectivity index (χ4n) is 4.08. The molecular weight excluding hydrogens is 226 g/mol. The molecular formula is C14H25N3O. The Balaban J connectivity index is 1.52. The molecule has 3 N–H and O–H groups in total. The number of hydrogen-bond donors (Lipinski definition) is 2. The van der Waals surface area contributed by atoms with Crippen molar-refractivity contribution in [1.82, 2.24) is 10.2 Å². The summed E-state index contributed by atoms with van der Waals surface area (Å²) < 4.78 is 0. The molecule has 0 bridgehead atoms. The van der Waals surface area contributed by atoms with Gasteiger partial charge in [-0.2, -0.15) is 0 Å². The minimum Gasteiger partial charge on any atom is -0.352 e. The first-order valence-electron chi connectivity index (χ1n) is 7.49. The van der Waals surface area contributed by atoms with Gasteiger partial charge in [0.15, 0.2) is 0 Å². The highest BCUT2D eigenvalue weighted by Gasteiger charge is 2.39. The third-order valence-electron chi connectivity index (χ3n) is 5.06. The van der Waals surface area contributed by atoms with Crippen LogP contribution in [-0.2, 0) is 4.79 Å². The van der Waals surface area contributed by atoms with Crippen LogP contribution in [0.1, 0.15) is 51.4 Å². The normalized spacial score (nSPS) is 34.7. The zero-order valence-electron chi connectivity index (χ0n) is 11.2. The number of nitrogens with one attached hydrogen (secondary N) is 1. The summed E-state index contributed by atoms with van der Waals surface area (Å²) in [5, 5.41) is 3.24. The molecule has 2 aliphatic heterocycles. The van der Waals surface area contributed by atoms with E-state index in [0.29, 0.717) is 18.5 Å². The van der Waals surface area contributed by atoms with E-state index in [1.807, 2.05) is 0 Å². The Labute approximate surface area is 109 Å². The van der Waals surface area contributed by atoms with Gasteiger partial charge in [-0.25, -0.2) is 0 Å². The lowest BCUT2D eigenvalue weighted by Crippen LogP contribution is -2.47. The van der Waals surface area contributed by atoms with Gasteiger partial charge in [-0.15, -0.1) is 0 Å². The second-order valence-electron chi connectivity index (χ2n) is 6.45. The van der Waals surface area contributed by atoms with Gasteiger partial charge < -0.3 is 11.1 Å². The van der Waals surface area contributed by atoms with Crippen LogP contribution in [0.4, 0.5) is 0 Å². The highest BCUT2D eigenvalue weighted by Crippen LogP contribution is 2.31. The molecule has 2 saturated heterocycles. The van der Waals surface area contributed by atoms with Crippen LogP contribution in [0.3, 0.4) is 0 Å². The van der Waals surface area contributed by atoms with Gasteiger partial charge in [-0.05, 0) is 38.6 Å². The van der Waals surface area contributed by atoms with Crippen molar-refractivity contribution in [2.24, 2.45) is 5.73 Å². The van der Waals surface area contributed by atoms with Crippen LogP contribution in [0, 0.1) is 0 Å². The van der Waals surface area contributed by atoms with Crippen molar-refractivity contribution in [3.63, 3.8) is 0 Å². The smallest absolute Gasteiger partial charge is 0.222 e. The van der Waals surface area contributed by atoms with Crippen LogP contribution in [0.5, 0.6) is 0 Å². The number of hydrogen-bond acceptors (Lipinski definition) is 3. The molecule has 1 saturated carbocycles. The average molecular weight is 251 g/mol. The molecule has 1 aliphatic carbocycles. The van der Waals surface area contributed by atoms with Crippen molar-refractivity contribution in [3.05, 3.63) is 0 Å². The van der Waals surface area contributed by atoms with E-state index in [0.717, 1.165) is 25.8 Å². The fourth-order valence-corrected chi connectivity index (χ4v) is 4.08. The summed E-state index contributed by atoms with van der Waals surface area (Å²) in [6.07, 6.45) is 8.58. The lowest BCUT2D eigenvalue weighted by atomic mass is 9.94. The van der Waals surface area contributed by atoms with Gasteiger partial charge in [-0.3, -0.25) is 9.69 Å². The first-order chi connectivity index (χ1) is 8.66. The summed E-state index contributed by atoms with van der Waals surface area (Å²) in [5.74, 6) is 0.179. The van der Waals surface area contributed by atoms with E-state index in [4.69, 9.17) is 5.73 Å². The van der Waals surface area contributed by atoms with Crippen molar-refractivity contribution in [3.8, 4) is 0 Å². The van der Waals surface area contributed by atoms with Crippen molar-refractivity contribution < 1.29 is 4.79 Å². The Morgan fingerprint density at radius 1 is 1.22 bits per heavy atom. The maximum atomic E-state index is 12.1. The van der Waals surface area contributed by atoms with Crippen LogP contribution in [0.25, 0.3) is 0 Å². The van der Waals surface area contributed by atoms with E-state index in [9.17, 15) is 4.79 Å². The SMILES string of the molecule is NC1(CC(=O)NC2CCN3CCCC23)CCCC1. The minimum absolute atomic E-state index is 0.179. The third kappa shape index (κ3) is 2.41. The van der Waals surface area contributed by atoms with E-state index < -0.39 is 0 Å². The predicted octanol–water partition coefficient (Wildman–Crippen LogP) is 1.00. The number of carbonyl (C=O) groups excluding carboxylic acids is 1. The van der Waals surface area contributed by atoms with Crippen molar-refractivity contribution >= 4 is 5.91 Å². The van der Waals surface area contributed by atoms with Crippen LogP contribution in [0.15, 0.2) is 0 Å². The Morgan fingerprint density at radius 2 is 2.00 bits per heavy atom. The van der Waals surface area contributed by atoms with Crippen LogP contribution in [0.2, 0.25) is 0 Å². The summed E-state index contributed by atoms with van der Waals surface area (Å²) in [4.78, 5) is 14.7. The highest BCUT2D eigenvalue weighted by atomic mass is 16.1. The number of amides is 1. The Kier molecular flexibility index (Phi) is 3.32. The molecule has 0 aromatic rings. The van der Waals surface area contributed by atoms with E-state index >= 15 is 0 Å². The topological polar surface area (TPSA) is 58.4 Å². The quantitative estimate of drug-likeness (QED) is 0.787. The first-order valence-corrected chi connectivity index (χ1v) is 7.49. The summed E-state index contributed by atoms with van der Waals surface area (Å²) in [5.41, 5.74) is 6.06. The van der Waals surface area contributed by atoms with Gasteiger partial charge in [0, 0.05) is 30.6 Å². The lowest BCUT2D eigenvalue weighted by Gasteiger charge is -2.26. The molecule has 0 spiro atoms. The molecule has 18 heavy (non-hydrogen) atoms. The van der Waals surface area contributed by atoms with Crippen LogP contribution in [-0.4, -0.2) is 41.5 Å². The van der Waals surface area contributed by atoms with Crippen molar-refractivity contribution in [2.75, 3.05) is 13.1 Å². The molecule has 3 rings (SSSR count). The molecule has 4 nitrogen and oxygen atoms in total. The van der Waals surface area contributed by atoms with Crippen LogP contribution < -0.4 is 11.1 Å². The molecule has 0 radical (unpaired) electrons. The molecule has 3 fully saturated rings. The van der Waals surface area contributed by atoms with E-state index in [1.54, 1.807) is 0 Å². The van der Waals surface area contributed by atoms with E-state index in [1.165, 1.54) is 32.2 Å². The van der Waals surface area contributed by atoms with Gasteiger partial charge >= 0.3 is 0 Å². The Hall–Kier alpha value is -0.610. The monoisotopic (exact) mass is 251 g/mol. The highest BCUT2D eigenvalue weighted by molar-refractivity contribution is 5.77. The molecule has 3 aliphatic rings. The Morgan fingerprint density at radius 3 is 2.78 bits per heavy atom. The minimum atomic E-state index is -0.210. The molecule has 102 valence electrons. The summed E-state index contributed by atoms with van der Waals surface area (Å²) in [6.45, 7) is 2.38. The van der Waals surface area contributed by atoms with Crippen molar-refractivity contribution in [2.45, 2.75) is 69.0 Å². The Bertz CT molecular complexity index is 325. The summed E-state index contributed by atoms with van der Waals surface area (Å²) >= 11 is 0. The molecule has 4 heteroatoms. The van der Waals surface area contributed by atoms with Gasteiger partial charge in [-0.1, -0.05) is 12.8 Å². The molecule has 2 heterocycles. The van der Waals surface area contributed by atoms with Crippen LogP contribution >= 0.6 is 0 Å². The van der Waals surface area contributed by atoms with Crippen molar-refractivity contribution in [1.29, 1.82) is 0 Å². The number of fused-ring (bicyclic) bond motifs is 1. The molecule has 0 aromatic carbocycles. The van der Waals surface area contributed by atoms with Gasteiger partial charge in [0.1, 0.15) is 0 Å². The number of nitrogens with two attached hydrogens (primary N) is 1. The second kappa shape index (κ2) is 4.82. The lowest BCUT2D eigenvalue weighted by molar-refractivity contribution is -0.123. The predicted molar refractivity (Wildman–Crippen MR) is 71.1 cm³/mol. The van der Waals surface area contributed by atoms with Gasteiger partial charge in [0.25, 0.3) is 0 Å². The molecule has 0 aromatic heterocycles. The van der Waals surface area contributed by atoms with Gasteiger partial charge in [0.2, 0.25) is 5.91 Å². The molecule has 1 amide bonds. The maximum Gasteiger partial charge on any atom is 0.222 e. The standard InChI is InChI=1S/C14H25N3O/c15-14(6-1-2-7-14)10-13(18)16-11-5-9-17-8-3-4-12(11)17/h11-12H,1-10,15H2,(H,16,18). The molecule has 2 atom stereocenters. The molecule has 2 unspecified atom stereocenters. The number of nitrogens with zero attached hydrogens (tertiary/aromatic N) is 1. The second-order valence-corrected chi connectivity index (χ2v) is 6.45. The summed E-state index contributed by atoms with van der Waals surface area (Å²) in [7, 11) is 0. The first kappa shape index (κ1) is 12.4. The number of rotatable bonds is 3. The third-order valence-corrected chi connectivity index (χ3v) is 5.06. The maximum absolute atomic E-state index is 12.1. The van der Waals surface area contributed by atoms with Gasteiger partial charge in [0.05, 0.1) is 0 Å². The fraction of sp³-hybridized carbons (Fsp3) is 0.929. The summed E-state index contributed by atoms with van der Waals surface area (Å²) in [6, 6.07) is 0.983. The van der Waals surface area contributed by atoms with E-state index in [2.05, 4.69) is 10.2 Å². The number of carbonyl (C=O) groups is 1. The zero-order chi connectivity index (χ0) is 12.6. The largest absolute Gasteiger partial charge is 0.352 e. The zero-order valence-corrected chi connectivity index (χ0v) is 11.2.